The molecule has 2 aromatic heterocycles. The monoisotopic (exact) mass is 511 g/mol. The van der Waals surface area contributed by atoms with Gasteiger partial charge in [0.2, 0.25) is 5.95 Å². The van der Waals surface area contributed by atoms with E-state index < -0.39 is 36.0 Å². The van der Waals surface area contributed by atoms with Crippen LogP contribution in [0.3, 0.4) is 0 Å². The van der Waals surface area contributed by atoms with E-state index in [0.717, 1.165) is 30.6 Å². The molecule has 1 aliphatic rings. The summed E-state index contributed by atoms with van der Waals surface area (Å²) in [4.78, 5) is 12.6. The molecule has 0 spiro atoms. The Kier molecular flexibility index (Phi) is 7.74. The summed E-state index contributed by atoms with van der Waals surface area (Å²) in [7, 11) is 0. The Morgan fingerprint density at radius 1 is 1.09 bits per heavy atom. The number of nitrogens with zero attached hydrogens (tertiary/aromatic N) is 3. The molecule has 8 nitrogen and oxygen atoms in total. The molecule has 0 bridgehead atoms. The zero-order valence-electron chi connectivity index (χ0n) is 19.1. The molecule has 3 aromatic rings. The summed E-state index contributed by atoms with van der Waals surface area (Å²) in [6.45, 7) is 2.07. The maximum atomic E-state index is 14.3. The minimum absolute atomic E-state index is 0.0882. The van der Waals surface area contributed by atoms with Crippen molar-refractivity contribution in [3.63, 3.8) is 0 Å². The van der Waals surface area contributed by atoms with Crippen molar-refractivity contribution in [1.82, 2.24) is 15.0 Å². The van der Waals surface area contributed by atoms with Crippen LogP contribution in [0.15, 0.2) is 24.3 Å². The molecular formula is C23H28F3N5O3S. The molecule has 4 rings (SSSR count). The molecule has 4 atom stereocenters. The average molecular weight is 512 g/mol. The highest BCUT2D eigenvalue weighted by Crippen LogP contribution is 2.43. The fraction of sp³-hybridized carbons (Fsp3) is 0.522. The lowest BCUT2D eigenvalue weighted by molar-refractivity contribution is -0.140. The zero-order valence-corrected chi connectivity index (χ0v) is 19.9. The number of benzene rings is 1. The first-order valence-corrected chi connectivity index (χ1v) is 12.4. The highest BCUT2D eigenvalue weighted by atomic mass is 32.1. The first-order chi connectivity index (χ1) is 16.7. The van der Waals surface area contributed by atoms with Gasteiger partial charge in [0.05, 0.1) is 27.9 Å². The van der Waals surface area contributed by atoms with E-state index in [9.17, 15) is 28.5 Å². The SMILES string of the molecule is CCCCCNc1nc(NC2CC(CO)C(O)C2O)c(-c2nc3ccccc3s2)c(C(F)(F)F)n1. The second-order valence-corrected chi connectivity index (χ2v) is 9.68. The first-order valence-electron chi connectivity index (χ1n) is 11.6. The number of thiazole rings is 1. The number of hydrogen-bond acceptors (Lipinski definition) is 9. The lowest BCUT2D eigenvalue weighted by Gasteiger charge is -2.22. The first kappa shape index (κ1) is 25.5. The van der Waals surface area contributed by atoms with Gasteiger partial charge >= 0.3 is 6.18 Å². The van der Waals surface area contributed by atoms with Crippen LogP contribution < -0.4 is 10.6 Å². The Morgan fingerprint density at radius 3 is 2.51 bits per heavy atom. The van der Waals surface area contributed by atoms with Crippen LogP contribution in [-0.4, -0.2) is 61.7 Å². The van der Waals surface area contributed by atoms with E-state index in [2.05, 4.69) is 25.6 Å². The van der Waals surface area contributed by atoms with E-state index in [1.807, 2.05) is 6.92 Å². The number of para-hydroxylation sites is 1. The van der Waals surface area contributed by atoms with Gasteiger partial charge in [-0.2, -0.15) is 18.2 Å². The van der Waals surface area contributed by atoms with Gasteiger partial charge in [0.25, 0.3) is 0 Å². The number of alkyl halides is 3. The molecule has 2 heterocycles. The van der Waals surface area contributed by atoms with Crippen molar-refractivity contribution in [2.24, 2.45) is 5.92 Å². The molecule has 1 saturated carbocycles. The normalized spacial score (nSPS) is 22.6. The molecule has 4 unspecified atom stereocenters. The molecule has 0 aliphatic heterocycles. The number of nitrogens with one attached hydrogen (secondary N) is 2. The van der Waals surface area contributed by atoms with Gasteiger partial charge in [0, 0.05) is 19.1 Å². The standard InChI is InChI=1S/C23H28F3N5O3S/c1-2-3-6-9-27-22-30-19(23(24,25)26)16(21-29-13-7-4-5-8-15(13)35-21)20(31-22)28-14-10-12(11-32)17(33)18(14)34/h4-5,7-8,12,14,17-18,32-34H,2-3,6,9-11H2,1H3,(H2,27,28,30,31). The Morgan fingerprint density at radius 2 is 1.86 bits per heavy atom. The second-order valence-electron chi connectivity index (χ2n) is 8.65. The minimum Gasteiger partial charge on any atom is -0.396 e. The van der Waals surface area contributed by atoms with E-state index in [-0.39, 0.29) is 35.4 Å². The summed E-state index contributed by atoms with van der Waals surface area (Å²) < 4.78 is 43.5. The topological polar surface area (TPSA) is 123 Å². The van der Waals surface area contributed by atoms with Crippen LogP contribution in [0.25, 0.3) is 20.8 Å². The van der Waals surface area contributed by atoms with Crippen molar-refractivity contribution in [2.45, 2.75) is 57.0 Å². The van der Waals surface area contributed by atoms with E-state index in [1.54, 1.807) is 24.3 Å². The molecule has 1 aromatic carbocycles. The van der Waals surface area contributed by atoms with Crippen molar-refractivity contribution in [1.29, 1.82) is 0 Å². The van der Waals surface area contributed by atoms with Crippen molar-refractivity contribution in [3.8, 4) is 10.6 Å². The number of halogens is 3. The van der Waals surface area contributed by atoms with E-state index in [1.165, 1.54) is 0 Å². The molecule has 1 fully saturated rings. The largest absolute Gasteiger partial charge is 0.434 e. The number of unbranched alkanes of at least 4 members (excludes halogenated alkanes) is 2. The lowest BCUT2D eigenvalue weighted by atomic mass is 10.1. The predicted octanol–water partition coefficient (Wildman–Crippen LogP) is 3.89. The molecule has 0 amide bonds. The number of hydrogen-bond donors (Lipinski definition) is 5. The van der Waals surface area contributed by atoms with Gasteiger partial charge in [-0.15, -0.1) is 11.3 Å². The quantitative estimate of drug-likeness (QED) is 0.274. The Hall–Kier alpha value is -2.54. The van der Waals surface area contributed by atoms with Crippen molar-refractivity contribution >= 4 is 33.3 Å². The van der Waals surface area contributed by atoms with Crippen molar-refractivity contribution in [2.75, 3.05) is 23.8 Å². The van der Waals surface area contributed by atoms with Crippen LogP contribution in [0.1, 0.15) is 38.3 Å². The number of aromatic nitrogens is 3. The van der Waals surface area contributed by atoms with Crippen LogP contribution in [0.4, 0.5) is 24.9 Å². The fourth-order valence-corrected chi connectivity index (χ4v) is 5.24. The fourth-order valence-electron chi connectivity index (χ4n) is 4.23. The summed E-state index contributed by atoms with van der Waals surface area (Å²) in [6, 6.07) is 6.19. The molecular weight excluding hydrogens is 483 g/mol. The summed E-state index contributed by atoms with van der Waals surface area (Å²) in [5.41, 5.74) is -0.907. The number of anilines is 2. The van der Waals surface area contributed by atoms with E-state index in [0.29, 0.717) is 16.8 Å². The molecule has 0 radical (unpaired) electrons. The van der Waals surface area contributed by atoms with Crippen LogP contribution in [0.2, 0.25) is 0 Å². The number of fused-ring (bicyclic) bond motifs is 1. The van der Waals surface area contributed by atoms with Gasteiger partial charge in [-0.1, -0.05) is 31.9 Å². The third-order valence-electron chi connectivity index (χ3n) is 6.11. The Bertz CT molecular complexity index is 1130. The molecule has 190 valence electrons. The van der Waals surface area contributed by atoms with Gasteiger partial charge in [0.1, 0.15) is 16.9 Å². The molecule has 5 N–H and O–H groups in total. The van der Waals surface area contributed by atoms with Gasteiger partial charge in [-0.3, -0.25) is 0 Å². The summed E-state index contributed by atoms with van der Waals surface area (Å²) in [5, 5.41) is 36.0. The predicted molar refractivity (Wildman–Crippen MR) is 128 cm³/mol. The summed E-state index contributed by atoms with van der Waals surface area (Å²) in [6.07, 6.45) is -4.54. The smallest absolute Gasteiger partial charge is 0.396 e. The average Bonchev–Trinajstić information content (AvgIpc) is 3.37. The number of rotatable bonds is 9. The zero-order chi connectivity index (χ0) is 25.2. The van der Waals surface area contributed by atoms with E-state index in [4.69, 9.17) is 0 Å². The maximum absolute atomic E-state index is 14.3. The van der Waals surface area contributed by atoms with Gasteiger partial charge in [-0.25, -0.2) is 9.97 Å². The van der Waals surface area contributed by atoms with Crippen LogP contribution >= 0.6 is 11.3 Å². The molecule has 0 saturated heterocycles. The van der Waals surface area contributed by atoms with Crippen molar-refractivity contribution in [3.05, 3.63) is 30.0 Å². The van der Waals surface area contributed by atoms with Gasteiger partial charge in [-0.05, 0) is 25.0 Å². The highest BCUT2D eigenvalue weighted by molar-refractivity contribution is 7.21. The van der Waals surface area contributed by atoms with Gasteiger partial charge < -0.3 is 26.0 Å². The molecule has 35 heavy (non-hydrogen) atoms. The van der Waals surface area contributed by atoms with Gasteiger partial charge in [0.15, 0.2) is 5.69 Å². The summed E-state index contributed by atoms with van der Waals surface area (Å²) in [5.74, 6) is -0.935. The van der Waals surface area contributed by atoms with E-state index >= 15 is 0 Å². The van der Waals surface area contributed by atoms with Crippen LogP contribution in [0.5, 0.6) is 0 Å². The van der Waals surface area contributed by atoms with Crippen LogP contribution in [0, 0.1) is 5.92 Å². The Labute approximate surface area is 204 Å². The lowest BCUT2D eigenvalue weighted by Crippen LogP contribution is -2.36. The number of aliphatic hydroxyl groups excluding tert-OH is 3. The highest BCUT2D eigenvalue weighted by Gasteiger charge is 2.43. The minimum atomic E-state index is -4.80. The third-order valence-corrected chi connectivity index (χ3v) is 7.16. The van der Waals surface area contributed by atoms with Crippen molar-refractivity contribution < 1.29 is 28.5 Å². The maximum Gasteiger partial charge on any atom is 0.434 e. The summed E-state index contributed by atoms with van der Waals surface area (Å²) >= 11 is 1.09. The second kappa shape index (κ2) is 10.6. The third kappa shape index (κ3) is 5.50. The Balaban J connectivity index is 1.81. The van der Waals surface area contributed by atoms with Crippen LogP contribution in [-0.2, 0) is 6.18 Å². The molecule has 12 heteroatoms. The molecule has 1 aliphatic carbocycles. The number of aliphatic hydroxyl groups is 3.